The van der Waals surface area contributed by atoms with Crippen LogP contribution in [0.4, 0.5) is 4.39 Å². The van der Waals surface area contributed by atoms with E-state index in [9.17, 15) is 14.0 Å². The van der Waals surface area contributed by atoms with Gasteiger partial charge in [-0.15, -0.1) is 0 Å². The van der Waals surface area contributed by atoms with Crippen LogP contribution in [-0.2, 0) is 20.7 Å². The van der Waals surface area contributed by atoms with Crippen molar-refractivity contribution in [2.45, 2.75) is 39.2 Å². The van der Waals surface area contributed by atoms with Gasteiger partial charge in [0.25, 0.3) is 0 Å². The highest BCUT2D eigenvalue weighted by atomic mass is 19.1. The van der Waals surface area contributed by atoms with Gasteiger partial charge in [-0.3, -0.25) is 9.59 Å². The molecule has 5 nitrogen and oxygen atoms in total. The standard InChI is InChI=1S/C25H31FN2O3/c1-24(2,3)27-23(30)25(12-13-28(17-25)22(29)16-31-4)15-18-6-5-7-20(14-18)19-8-10-21(26)11-9-19/h5-11,14H,12-13,15-17H2,1-4H3,(H,27,30)/t25-/m1/s1. The third-order valence-electron chi connectivity index (χ3n) is 5.59. The summed E-state index contributed by atoms with van der Waals surface area (Å²) in [6.45, 7) is 6.76. The molecule has 0 aromatic heterocycles. The topological polar surface area (TPSA) is 58.6 Å². The number of amides is 2. The smallest absolute Gasteiger partial charge is 0.248 e. The highest BCUT2D eigenvalue weighted by molar-refractivity contribution is 5.86. The molecule has 1 fully saturated rings. The quantitative estimate of drug-likeness (QED) is 0.764. The highest BCUT2D eigenvalue weighted by Crippen LogP contribution is 2.36. The molecule has 1 N–H and O–H groups in total. The van der Waals surface area contributed by atoms with Gasteiger partial charge in [0.2, 0.25) is 11.8 Å². The molecule has 31 heavy (non-hydrogen) atoms. The summed E-state index contributed by atoms with van der Waals surface area (Å²) in [5.41, 5.74) is 1.81. The molecule has 0 saturated carbocycles. The van der Waals surface area contributed by atoms with Gasteiger partial charge in [-0.2, -0.15) is 0 Å². The second-order valence-electron chi connectivity index (χ2n) is 9.37. The molecule has 166 valence electrons. The van der Waals surface area contributed by atoms with Crippen molar-refractivity contribution in [3.63, 3.8) is 0 Å². The number of ether oxygens (including phenoxy) is 1. The fraction of sp³-hybridized carbons (Fsp3) is 0.440. The van der Waals surface area contributed by atoms with Gasteiger partial charge in [0.05, 0.1) is 5.41 Å². The van der Waals surface area contributed by atoms with Crippen molar-refractivity contribution >= 4 is 11.8 Å². The van der Waals surface area contributed by atoms with E-state index in [4.69, 9.17) is 4.74 Å². The third-order valence-corrected chi connectivity index (χ3v) is 5.59. The van der Waals surface area contributed by atoms with Crippen LogP contribution in [0.5, 0.6) is 0 Å². The zero-order chi connectivity index (χ0) is 22.6. The van der Waals surface area contributed by atoms with Gasteiger partial charge in [-0.25, -0.2) is 4.39 Å². The zero-order valence-electron chi connectivity index (χ0n) is 18.7. The van der Waals surface area contributed by atoms with E-state index in [1.165, 1.54) is 19.2 Å². The Morgan fingerprint density at radius 1 is 1.13 bits per heavy atom. The van der Waals surface area contributed by atoms with Crippen LogP contribution in [0.2, 0.25) is 0 Å². The van der Waals surface area contributed by atoms with E-state index in [0.717, 1.165) is 16.7 Å². The molecule has 0 spiro atoms. The van der Waals surface area contributed by atoms with E-state index >= 15 is 0 Å². The number of methoxy groups -OCH3 is 1. The Morgan fingerprint density at radius 3 is 2.48 bits per heavy atom. The number of likely N-dealkylation sites (tertiary alicyclic amines) is 1. The second-order valence-corrected chi connectivity index (χ2v) is 9.37. The maximum absolute atomic E-state index is 13.4. The molecular weight excluding hydrogens is 395 g/mol. The fourth-order valence-electron chi connectivity index (χ4n) is 4.08. The summed E-state index contributed by atoms with van der Waals surface area (Å²) in [6.07, 6.45) is 1.10. The third kappa shape index (κ3) is 5.70. The normalized spacial score (nSPS) is 18.8. The van der Waals surface area contributed by atoms with Crippen LogP contribution in [0, 0.1) is 11.2 Å². The van der Waals surface area contributed by atoms with E-state index in [2.05, 4.69) is 5.32 Å². The molecule has 2 aromatic rings. The van der Waals surface area contributed by atoms with Gasteiger partial charge in [-0.1, -0.05) is 36.4 Å². The number of nitrogens with one attached hydrogen (secondary N) is 1. The Hall–Kier alpha value is -2.73. The van der Waals surface area contributed by atoms with E-state index < -0.39 is 5.41 Å². The van der Waals surface area contributed by atoms with Crippen molar-refractivity contribution in [3.8, 4) is 11.1 Å². The molecule has 0 bridgehead atoms. The molecule has 0 unspecified atom stereocenters. The van der Waals surface area contributed by atoms with Crippen LogP contribution in [0.15, 0.2) is 48.5 Å². The Bertz CT molecular complexity index is 937. The van der Waals surface area contributed by atoms with Gasteiger partial charge in [0.15, 0.2) is 0 Å². The number of hydrogen-bond donors (Lipinski definition) is 1. The van der Waals surface area contributed by atoms with Crippen molar-refractivity contribution < 1.29 is 18.7 Å². The van der Waals surface area contributed by atoms with Crippen LogP contribution < -0.4 is 5.32 Å². The minimum atomic E-state index is -0.710. The van der Waals surface area contributed by atoms with Crippen LogP contribution in [0.25, 0.3) is 11.1 Å². The van der Waals surface area contributed by atoms with E-state index in [0.29, 0.717) is 25.9 Å². The van der Waals surface area contributed by atoms with Crippen molar-refractivity contribution in [1.29, 1.82) is 0 Å². The molecule has 1 atom stereocenters. The number of carbonyl (C=O) groups is 2. The lowest BCUT2D eigenvalue weighted by Crippen LogP contribution is -2.51. The minimum absolute atomic E-state index is 0.0109. The Labute approximate surface area is 183 Å². The Morgan fingerprint density at radius 2 is 1.84 bits per heavy atom. The predicted octanol–water partition coefficient (Wildman–Crippen LogP) is 3.82. The summed E-state index contributed by atoms with van der Waals surface area (Å²) in [5, 5.41) is 3.12. The van der Waals surface area contributed by atoms with Crippen LogP contribution in [0.1, 0.15) is 32.8 Å². The van der Waals surface area contributed by atoms with E-state index in [-0.39, 0.29) is 29.8 Å². The first-order valence-corrected chi connectivity index (χ1v) is 10.6. The molecule has 0 aliphatic carbocycles. The Kier molecular flexibility index (Phi) is 6.80. The average Bonchev–Trinajstić information content (AvgIpc) is 3.13. The summed E-state index contributed by atoms with van der Waals surface area (Å²) in [7, 11) is 1.49. The first-order valence-electron chi connectivity index (χ1n) is 10.6. The number of benzene rings is 2. The average molecular weight is 427 g/mol. The lowest BCUT2D eigenvalue weighted by Gasteiger charge is -2.32. The first kappa shape index (κ1) is 22.9. The van der Waals surface area contributed by atoms with Gasteiger partial charge in [0, 0.05) is 25.7 Å². The lowest BCUT2D eigenvalue weighted by atomic mass is 9.78. The van der Waals surface area contributed by atoms with Crippen LogP contribution in [-0.4, -0.2) is 49.1 Å². The largest absolute Gasteiger partial charge is 0.375 e. The van der Waals surface area contributed by atoms with Crippen molar-refractivity contribution in [2.24, 2.45) is 5.41 Å². The first-order chi connectivity index (χ1) is 14.6. The summed E-state index contributed by atoms with van der Waals surface area (Å²) in [4.78, 5) is 27.5. The molecule has 1 aliphatic rings. The molecule has 1 saturated heterocycles. The van der Waals surface area contributed by atoms with Crippen molar-refractivity contribution in [3.05, 3.63) is 59.9 Å². The summed E-state index contributed by atoms with van der Waals surface area (Å²) >= 11 is 0. The van der Waals surface area contributed by atoms with Gasteiger partial charge >= 0.3 is 0 Å². The molecular formula is C25H31FN2O3. The molecule has 3 rings (SSSR count). The SMILES string of the molecule is COCC(=O)N1CC[C@](Cc2cccc(-c3ccc(F)cc3)c2)(C(=O)NC(C)(C)C)C1. The summed E-state index contributed by atoms with van der Waals surface area (Å²) in [5.74, 6) is -0.419. The monoisotopic (exact) mass is 426 g/mol. The maximum Gasteiger partial charge on any atom is 0.248 e. The van der Waals surface area contributed by atoms with E-state index in [1.807, 2.05) is 45.0 Å². The molecule has 0 radical (unpaired) electrons. The van der Waals surface area contributed by atoms with Crippen LogP contribution in [0.3, 0.4) is 0 Å². The minimum Gasteiger partial charge on any atom is -0.375 e. The number of nitrogens with zero attached hydrogens (tertiary/aromatic N) is 1. The fourth-order valence-corrected chi connectivity index (χ4v) is 4.08. The number of halogens is 1. The van der Waals surface area contributed by atoms with Gasteiger partial charge < -0.3 is 15.0 Å². The second kappa shape index (κ2) is 9.18. The molecule has 6 heteroatoms. The van der Waals surface area contributed by atoms with Crippen molar-refractivity contribution in [1.82, 2.24) is 10.2 Å². The predicted molar refractivity (Wildman–Crippen MR) is 119 cm³/mol. The van der Waals surface area contributed by atoms with Gasteiger partial charge in [-0.05, 0) is 62.4 Å². The summed E-state index contributed by atoms with van der Waals surface area (Å²) in [6, 6.07) is 14.3. The highest BCUT2D eigenvalue weighted by Gasteiger charge is 2.46. The van der Waals surface area contributed by atoms with Gasteiger partial charge in [0.1, 0.15) is 12.4 Å². The zero-order valence-corrected chi connectivity index (χ0v) is 18.7. The van der Waals surface area contributed by atoms with Crippen molar-refractivity contribution in [2.75, 3.05) is 26.8 Å². The molecule has 1 aliphatic heterocycles. The number of hydrogen-bond acceptors (Lipinski definition) is 3. The Balaban J connectivity index is 1.89. The van der Waals surface area contributed by atoms with Crippen LogP contribution >= 0.6 is 0 Å². The number of rotatable bonds is 6. The molecule has 2 amide bonds. The number of carbonyl (C=O) groups excluding carboxylic acids is 2. The maximum atomic E-state index is 13.4. The summed E-state index contributed by atoms with van der Waals surface area (Å²) < 4.78 is 18.3. The van der Waals surface area contributed by atoms with E-state index in [1.54, 1.807) is 17.0 Å². The lowest BCUT2D eigenvalue weighted by molar-refractivity contribution is -0.136. The molecule has 2 aromatic carbocycles. The molecule has 1 heterocycles.